The van der Waals surface area contributed by atoms with Gasteiger partial charge in [-0.2, -0.15) is 0 Å². The minimum absolute atomic E-state index is 0.194. The van der Waals surface area contributed by atoms with E-state index in [1.165, 1.54) is 16.7 Å². The number of amides is 2. The zero-order valence-corrected chi connectivity index (χ0v) is 18.0. The van der Waals surface area contributed by atoms with Gasteiger partial charge < -0.3 is 9.72 Å². The Balaban J connectivity index is 1.63. The van der Waals surface area contributed by atoms with Gasteiger partial charge in [-0.15, -0.1) is 0 Å². The molecule has 3 aromatic rings. The van der Waals surface area contributed by atoms with Gasteiger partial charge in [0.1, 0.15) is 11.0 Å². The summed E-state index contributed by atoms with van der Waals surface area (Å²) in [6, 6.07) is 14.0. The molecule has 0 saturated carbocycles. The predicted molar refractivity (Wildman–Crippen MR) is 117 cm³/mol. The average Bonchev–Trinajstić information content (AvgIpc) is 3.24. The second kappa shape index (κ2) is 7.30. The van der Waals surface area contributed by atoms with Crippen LogP contribution in [-0.2, 0) is 9.59 Å². The number of rotatable bonds is 3. The van der Waals surface area contributed by atoms with Crippen LogP contribution in [0.2, 0.25) is 5.02 Å². The second-order valence-electron chi connectivity index (χ2n) is 7.01. The predicted octanol–water partition coefficient (Wildman–Crippen LogP) is 3.89. The van der Waals surface area contributed by atoms with Crippen LogP contribution in [-0.4, -0.2) is 29.2 Å². The summed E-state index contributed by atoms with van der Waals surface area (Å²) in [6.45, 7) is 0. The summed E-state index contributed by atoms with van der Waals surface area (Å²) in [7, 11) is 1.58. The van der Waals surface area contributed by atoms with Crippen LogP contribution in [0.1, 0.15) is 16.4 Å². The van der Waals surface area contributed by atoms with Gasteiger partial charge in [0.05, 0.1) is 23.7 Å². The fourth-order valence-electron chi connectivity index (χ4n) is 4.03. The minimum Gasteiger partial charge on any atom is -0.497 e. The lowest BCUT2D eigenvalue weighted by molar-refractivity contribution is -0.122. The van der Waals surface area contributed by atoms with Crippen LogP contribution in [0.25, 0.3) is 0 Å². The fraction of sp³-hybridized carbons (Fsp3) is 0.190. The summed E-state index contributed by atoms with van der Waals surface area (Å²) >= 11 is 8.32. The highest BCUT2D eigenvalue weighted by atomic mass is 35.5. The lowest BCUT2D eigenvalue weighted by Gasteiger charge is -2.29. The molecule has 0 radical (unpaired) electrons. The van der Waals surface area contributed by atoms with Crippen molar-refractivity contribution < 1.29 is 14.3 Å². The van der Waals surface area contributed by atoms with Crippen LogP contribution < -0.4 is 14.5 Å². The summed E-state index contributed by atoms with van der Waals surface area (Å²) < 4.78 is 5.24. The Hall–Kier alpha value is -2.55. The molecule has 1 N–H and O–H groups in total. The molecule has 2 amide bonds. The number of carbonyl (C=O) groups excluding carboxylic acids is 2. The molecule has 0 aliphatic carbocycles. The Kier molecular flexibility index (Phi) is 4.72. The Labute approximate surface area is 184 Å². The van der Waals surface area contributed by atoms with Gasteiger partial charge in [-0.3, -0.25) is 14.4 Å². The number of nitrogens with zero attached hydrogens (tertiary/aromatic N) is 1. The third-order valence-corrected chi connectivity index (χ3v) is 8.04. The first kappa shape index (κ1) is 19.4. The van der Waals surface area contributed by atoms with Crippen molar-refractivity contribution in [3.63, 3.8) is 0 Å². The molecule has 1 saturated heterocycles. The highest BCUT2D eigenvalue weighted by molar-refractivity contribution is 8.00. The van der Waals surface area contributed by atoms with Crippen molar-refractivity contribution in [2.24, 2.45) is 5.92 Å². The van der Waals surface area contributed by atoms with Crippen molar-refractivity contribution in [3.05, 3.63) is 73.7 Å². The highest BCUT2D eigenvalue weighted by Crippen LogP contribution is 2.53. The van der Waals surface area contributed by atoms with Crippen molar-refractivity contribution in [2.45, 2.75) is 16.2 Å². The number of carbonyl (C=O) groups is 2. The van der Waals surface area contributed by atoms with Gasteiger partial charge in [-0.1, -0.05) is 46.8 Å². The first-order valence-corrected chi connectivity index (χ1v) is 11.2. The van der Waals surface area contributed by atoms with Gasteiger partial charge in [0.25, 0.3) is 0 Å². The number of methoxy groups -OCH3 is 1. The molecule has 6 nitrogen and oxygen atoms in total. The van der Waals surface area contributed by atoms with Gasteiger partial charge >= 0.3 is 4.87 Å². The number of aromatic nitrogens is 1. The molecule has 0 bridgehead atoms. The Bertz CT molecular complexity index is 1200. The number of halogens is 1. The molecule has 152 valence electrons. The van der Waals surface area contributed by atoms with E-state index in [-0.39, 0.29) is 16.7 Å². The normalized spacial score (nSPS) is 22.7. The molecule has 2 aromatic carbocycles. The number of ether oxygens (including phenoxy) is 1. The molecule has 1 fully saturated rings. The average molecular weight is 459 g/mol. The monoisotopic (exact) mass is 458 g/mol. The summed E-state index contributed by atoms with van der Waals surface area (Å²) in [5.74, 6) is -0.861. The zero-order chi connectivity index (χ0) is 21.0. The Morgan fingerprint density at radius 2 is 1.70 bits per heavy atom. The number of hydrogen-bond donors (Lipinski definition) is 1. The van der Waals surface area contributed by atoms with Crippen LogP contribution in [0.15, 0.2) is 58.4 Å². The van der Waals surface area contributed by atoms with E-state index in [2.05, 4.69) is 4.98 Å². The van der Waals surface area contributed by atoms with Crippen LogP contribution in [0.5, 0.6) is 5.75 Å². The number of thiazole rings is 1. The maximum atomic E-state index is 13.5. The van der Waals surface area contributed by atoms with E-state index in [4.69, 9.17) is 16.3 Å². The zero-order valence-electron chi connectivity index (χ0n) is 15.6. The maximum Gasteiger partial charge on any atom is 0.305 e. The first-order chi connectivity index (χ1) is 14.5. The number of H-pyrrole nitrogens is 1. The van der Waals surface area contributed by atoms with Crippen molar-refractivity contribution in [1.82, 2.24) is 4.98 Å². The Morgan fingerprint density at radius 1 is 1.00 bits per heavy atom. The molecule has 0 spiro atoms. The van der Waals surface area contributed by atoms with E-state index in [9.17, 15) is 14.4 Å². The third kappa shape index (κ3) is 2.98. The van der Waals surface area contributed by atoms with Crippen LogP contribution in [0.3, 0.4) is 0 Å². The molecule has 5 rings (SSSR count). The van der Waals surface area contributed by atoms with Crippen molar-refractivity contribution in [2.75, 3.05) is 12.0 Å². The van der Waals surface area contributed by atoms with Gasteiger partial charge in [0.15, 0.2) is 0 Å². The second-order valence-corrected chi connectivity index (χ2v) is 9.61. The molecule has 2 unspecified atom stereocenters. The van der Waals surface area contributed by atoms with Crippen LogP contribution in [0.4, 0.5) is 5.69 Å². The molecule has 30 heavy (non-hydrogen) atoms. The van der Waals surface area contributed by atoms with E-state index >= 15 is 0 Å². The number of thioether (sulfide) groups is 1. The van der Waals surface area contributed by atoms with Gasteiger partial charge in [0.2, 0.25) is 11.8 Å². The lowest BCUT2D eigenvalue weighted by Crippen LogP contribution is -2.32. The topological polar surface area (TPSA) is 79.5 Å². The molecule has 2 aliphatic rings. The Morgan fingerprint density at radius 3 is 2.37 bits per heavy atom. The van der Waals surface area contributed by atoms with Crippen molar-refractivity contribution in [3.8, 4) is 5.75 Å². The van der Waals surface area contributed by atoms with E-state index in [1.54, 1.807) is 31.4 Å². The largest absolute Gasteiger partial charge is 0.497 e. The van der Waals surface area contributed by atoms with E-state index in [1.807, 2.05) is 24.3 Å². The smallest absolute Gasteiger partial charge is 0.305 e. The fourth-order valence-corrected chi connectivity index (χ4v) is 6.67. The molecular formula is C21H15ClN2O4S2. The summed E-state index contributed by atoms with van der Waals surface area (Å²) in [6.07, 6.45) is 0. The number of imide groups is 1. The minimum atomic E-state index is -0.613. The van der Waals surface area contributed by atoms with Gasteiger partial charge in [0, 0.05) is 15.8 Å². The molecule has 1 aromatic heterocycles. The van der Waals surface area contributed by atoms with E-state index in [0.29, 0.717) is 21.5 Å². The molecule has 9 heteroatoms. The van der Waals surface area contributed by atoms with E-state index < -0.39 is 17.1 Å². The number of nitrogens with one attached hydrogen (secondary N) is 1. The summed E-state index contributed by atoms with van der Waals surface area (Å²) in [4.78, 5) is 43.5. The standard InChI is InChI=1S/C21H15ClN2O4S2/c1-28-13-8-2-10(3-9-13)14-15-17(29-18-16(14)30-21(27)23-18)20(26)24(19(15)25)12-6-4-11(22)5-7-12/h2-9,14-15,17H,1H3,(H,23,27)/t14-,15?,17?/m1/s1. The van der Waals surface area contributed by atoms with E-state index in [0.717, 1.165) is 21.8 Å². The van der Waals surface area contributed by atoms with Gasteiger partial charge in [-0.05, 0) is 42.0 Å². The number of aromatic amines is 1. The van der Waals surface area contributed by atoms with Crippen molar-refractivity contribution in [1.29, 1.82) is 0 Å². The van der Waals surface area contributed by atoms with Gasteiger partial charge in [-0.25, -0.2) is 4.90 Å². The molecule has 3 atom stereocenters. The number of fused-ring (bicyclic) bond motifs is 2. The third-order valence-electron chi connectivity index (χ3n) is 5.38. The molecule has 3 heterocycles. The van der Waals surface area contributed by atoms with Crippen LogP contribution >= 0.6 is 34.7 Å². The van der Waals surface area contributed by atoms with Crippen molar-refractivity contribution >= 4 is 52.2 Å². The van der Waals surface area contributed by atoms with Crippen LogP contribution in [0, 0.1) is 5.92 Å². The number of hydrogen-bond acceptors (Lipinski definition) is 6. The molecule has 2 aliphatic heterocycles. The summed E-state index contributed by atoms with van der Waals surface area (Å²) in [5, 5.41) is 0.574. The SMILES string of the molecule is COc1ccc([C@H]2c3sc(=O)[nH]c3SC3C(=O)N(c4ccc(Cl)cc4)C(=O)C32)cc1. The quantitative estimate of drug-likeness (QED) is 0.602. The number of benzene rings is 2. The number of anilines is 1. The summed E-state index contributed by atoms with van der Waals surface area (Å²) in [5.41, 5.74) is 1.36. The highest BCUT2D eigenvalue weighted by Gasteiger charge is 2.56. The maximum absolute atomic E-state index is 13.5. The first-order valence-electron chi connectivity index (χ1n) is 9.15. The molecular weight excluding hydrogens is 444 g/mol. The lowest BCUT2D eigenvalue weighted by atomic mass is 9.83.